The van der Waals surface area contributed by atoms with Gasteiger partial charge in [-0.25, -0.2) is 0 Å². The molecule has 2 nitrogen and oxygen atoms in total. The zero-order valence-electron chi connectivity index (χ0n) is 18.9. The van der Waals surface area contributed by atoms with Crippen molar-refractivity contribution in [3.8, 4) is 11.5 Å². The maximum atomic E-state index is 10.5. The highest BCUT2D eigenvalue weighted by atomic mass is 16.3. The van der Waals surface area contributed by atoms with Gasteiger partial charge < -0.3 is 10.2 Å². The van der Waals surface area contributed by atoms with Gasteiger partial charge in [0.15, 0.2) is 0 Å². The van der Waals surface area contributed by atoms with Crippen LogP contribution < -0.4 is 0 Å². The van der Waals surface area contributed by atoms with Crippen LogP contribution in [0.2, 0.25) is 0 Å². The molecule has 2 N–H and O–H groups in total. The molecule has 0 heterocycles. The molecule has 4 aliphatic rings. The van der Waals surface area contributed by atoms with Gasteiger partial charge in [-0.05, 0) is 102 Å². The van der Waals surface area contributed by atoms with Gasteiger partial charge in [0, 0.05) is 5.41 Å². The van der Waals surface area contributed by atoms with Crippen molar-refractivity contribution >= 4 is 0 Å². The Morgan fingerprint density at radius 1 is 0.767 bits per heavy atom. The van der Waals surface area contributed by atoms with Crippen molar-refractivity contribution < 1.29 is 10.2 Å². The summed E-state index contributed by atoms with van der Waals surface area (Å²) < 4.78 is 0. The lowest BCUT2D eigenvalue weighted by Crippen LogP contribution is -2.53. The van der Waals surface area contributed by atoms with Gasteiger partial charge in [0.2, 0.25) is 0 Å². The lowest BCUT2D eigenvalue weighted by atomic mass is 9.42. The molecule has 4 aliphatic carbocycles. The van der Waals surface area contributed by atoms with Crippen LogP contribution in [0.1, 0.15) is 99.8 Å². The summed E-state index contributed by atoms with van der Waals surface area (Å²) in [5.41, 5.74) is 5.17. The molecule has 4 saturated carbocycles. The van der Waals surface area contributed by atoms with Gasteiger partial charge in [-0.15, -0.1) is 0 Å². The first-order valence-electron chi connectivity index (χ1n) is 11.9. The van der Waals surface area contributed by atoms with Crippen LogP contribution in [0.15, 0.2) is 36.4 Å². The van der Waals surface area contributed by atoms with Crippen LogP contribution in [0.4, 0.5) is 0 Å². The first kappa shape index (κ1) is 20.0. The normalized spacial score (nSPS) is 32.3. The summed E-state index contributed by atoms with van der Waals surface area (Å²) in [4.78, 5) is 0. The average Bonchev–Trinajstić information content (AvgIpc) is 2.68. The summed E-state index contributed by atoms with van der Waals surface area (Å²) in [6.45, 7) is 8.68. The van der Waals surface area contributed by atoms with E-state index >= 15 is 0 Å². The fraction of sp³-hybridized carbons (Fsp3) is 0.571. The summed E-state index contributed by atoms with van der Waals surface area (Å²) >= 11 is 0. The van der Waals surface area contributed by atoms with Gasteiger partial charge in [0.25, 0.3) is 0 Å². The molecule has 2 aromatic carbocycles. The minimum absolute atomic E-state index is 0.164. The van der Waals surface area contributed by atoms with E-state index in [1.54, 1.807) is 0 Å². The summed E-state index contributed by atoms with van der Waals surface area (Å²) in [5, 5.41) is 20.9. The van der Waals surface area contributed by atoms with Crippen LogP contribution in [0.5, 0.6) is 11.5 Å². The van der Waals surface area contributed by atoms with Crippen LogP contribution in [-0.4, -0.2) is 10.2 Å². The van der Waals surface area contributed by atoms with Crippen molar-refractivity contribution in [2.45, 2.75) is 83.0 Å². The lowest BCUT2D eigenvalue weighted by Gasteiger charge is -2.62. The molecule has 0 aromatic heterocycles. The second-order valence-electron chi connectivity index (χ2n) is 11.1. The van der Waals surface area contributed by atoms with Gasteiger partial charge in [0.1, 0.15) is 11.5 Å². The topological polar surface area (TPSA) is 40.5 Å². The lowest BCUT2D eigenvalue weighted by molar-refractivity contribution is -0.0281. The molecule has 0 aliphatic heterocycles. The third-order valence-corrected chi connectivity index (χ3v) is 8.57. The summed E-state index contributed by atoms with van der Waals surface area (Å²) in [6.07, 6.45) is 6.66. The molecule has 0 radical (unpaired) electrons. The van der Waals surface area contributed by atoms with Crippen molar-refractivity contribution in [3.63, 3.8) is 0 Å². The number of aromatic hydroxyl groups is 2. The zero-order chi connectivity index (χ0) is 21.2. The minimum Gasteiger partial charge on any atom is -0.508 e. The van der Waals surface area contributed by atoms with Crippen molar-refractivity contribution in [3.05, 3.63) is 58.7 Å². The maximum absolute atomic E-state index is 10.5. The monoisotopic (exact) mass is 404 g/mol. The molecular weight excluding hydrogens is 368 g/mol. The first-order valence-corrected chi connectivity index (χ1v) is 11.9. The molecule has 0 spiro atoms. The fourth-order valence-corrected chi connectivity index (χ4v) is 7.60. The number of phenolic OH excluding ortho intramolecular Hbond substituents is 2. The number of rotatable bonds is 4. The largest absolute Gasteiger partial charge is 0.508 e. The summed E-state index contributed by atoms with van der Waals surface area (Å²) in [7, 11) is 0. The Hall–Kier alpha value is -1.96. The second kappa shape index (κ2) is 7.04. The van der Waals surface area contributed by atoms with E-state index in [-0.39, 0.29) is 5.41 Å². The van der Waals surface area contributed by atoms with Crippen LogP contribution >= 0.6 is 0 Å². The Labute approximate surface area is 181 Å². The third kappa shape index (κ3) is 2.98. The zero-order valence-corrected chi connectivity index (χ0v) is 18.9. The molecule has 3 unspecified atom stereocenters. The Bertz CT molecular complexity index is 943. The SMILES string of the molecule is CC(C)c1cc(C2C3CC4CC(C3)CC2(c2ccc(O)c(C(C)C)c2)C4)ccc1O. The molecule has 6 rings (SSSR count). The average molecular weight is 405 g/mol. The number of hydrogen-bond acceptors (Lipinski definition) is 2. The highest BCUT2D eigenvalue weighted by Crippen LogP contribution is 2.67. The van der Waals surface area contributed by atoms with E-state index in [9.17, 15) is 10.2 Å². The van der Waals surface area contributed by atoms with Crippen LogP contribution in [0.25, 0.3) is 0 Å². The third-order valence-electron chi connectivity index (χ3n) is 8.57. The highest BCUT2D eigenvalue weighted by Gasteiger charge is 2.58. The highest BCUT2D eigenvalue weighted by molar-refractivity contribution is 5.47. The van der Waals surface area contributed by atoms with E-state index in [1.165, 1.54) is 43.2 Å². The molecular formula is C28H36O2. The maximum Gasteiger partial charge on any atom is 0.119 e. The van der Waals surface area contributed by atoms with E-state index in [1.807, 2.05) is 12.1 Å². The van der Waals surface area contributed by atoms with Crippen molar-refractivity contribution in [2.75, 3.05) is 0 Å². The molecule has 4 fully saturated rings. The molecule has 2 heteroatoms. The van der Waals surface area contributed by atoms with Crippen LogP contribution in [0, 0.1) is 17.8 Å². The predicted octanol–water partition coefficient (Wildman–Crippen LogP) is 7.21. The van der Waals surface area contributed by atoms with Crippen LogP contribution in [0.3, 0.4) is 0 Å². The molecule has 0 saturated heterocycles. The summed E-state index contributed by atoms with van der Waals surface area (Å²) in [5.74, 6) is 4.43. The molecule has 0 amide bonds. The Kier molecular flexibility index (Phi) is 4.69. The van der Waals surface area contributed by atoms with Crippen molar-refractivity contribution in [1.29, 1.82) is 0 Å². The predicted molar refractivity (Wildman–Crippen MR) is 122 cm³/mol. The van der Waals surface area contributed by atoms with Crippen LogP contribution in [-0.2, 0) is 5.41 Å². The van der Waals surface area contributed by atoms with Crippen molar-refractivity contribution in [1.82, 2.24) is 0 Å². The second-order valence-corrected chi connectivity index (χ2v) is 11.1. The van der Waals surface area contributed by atoms with Gasteiger partial charge in [0.05, 0.1) is 0 Å². The van der Waals surface area contributed by atoms with E-state index < -0.39 is 0 Å². The van der Waals surface area contributed by atoms with E-state index in [4.69, 9.17) is 0 Å². The first-order chi connectivity index (χ1) is 14.3. The van der Waals surface area contributed by atoms with E-state index in [0.29, 0.717) is 29.3 Å². The number of benzene rings is 2. The quantitative estimate of drug-likeness (QED) is 0.565. The van der Waals surface area contributed by atoms with Gasteiger partial charge in [-0.1, -0.05) is 52.0 Å². The van der Waals surface area contributed by atoms with Gasteiger partial charge in [-0.2, -0.15) is 0 Å². The van der Waals surface area contributed by atoms with E-state index in [2.05, 4.69) is 52.0 Å². The molecule has 160 valence electrons. The molecule has 3 atom stereocenters. The molecule has 30 heavy (non-hydrogen) atoms. The van der Waals surface area contributed by atoms with Gasteiger partial charge >= 0.3 is 0 Å². The summed E-state index contributed by atoms with van der Waals surface area (Å²) in [6, 6.07) is 12.9. The van der Waals surface area contributed by atoms with Gasteiger partial charge in [-0.3, -0.25) is 0 Å². The number of hydrogen-bond donors (Lipinski definition) is 2. The Morgan fingerprint density at radius 2 is 1.33 bits per heavy atom. The molecule has 4 bridgehead atoms. The Morgan fingerprint density at radius 3 is 1.93 bits per heavy atom. The minimum atomic E-state index is 0.164. The Balaban J connectivity index is 1.67. The molecule has 2 aromatic rings. The standard InChI is InChI=1S/C28H36O2/c1-16(2)23-12-20(5-7-25(23)29)27-21-10-18-9-19(11-21)15-28(27,14-18)22-6-8-26(30)24(13-22)17(3)4/h5-8,12-13,16-19,21,27,29-30H,9-11,14-15H2,1-4H3. The van der Waals surface area contributed by atoms with E-state index in [0.717, 1.165) is 28.9 Å². The number of phenols is 2. The smallest absolute Gasteiger partial charge is 0.119 e. The fourth-order valence-electron chi connectivity index (χ4n) is 7.60. The van der Waals surface area contributed by atoms with Crippen molar-refractivity contribution in [2.24, 2.45) is 17.8 Å².